The topological polar surface area (TPSA) is 34.1 Å². The van der Waals surface area contributed by atoms with Gasteiger partial charge in [0, 0.05) is 12.6 Å². The number of anilines is 1. The van der Waals surface area contributed by atoms with E-state index in [0.29, 0.717) is 6.61 Å². The van der Waals surface area contributed by atoms with Gasteiger partial charge in [0.05, 0.1) is 5.69 Å². The van der Waals surface area contributed by atoms with Crippen molar-refractivity contribution in [2.45, 2.75) is 46.6 Å². The molecule has 0 saturated heterocycles. The van der Waals surface area contributed by atoms with Gasteiger partial charge in [-0.15, -0.1) is 0 Å². The molecule has 3 aromatic rings. The van der Waals surface area contributed by atoms with E-state index >= 15 is 0 Å². The molecule has 3 nitrogen and oxygen atoms in total. The van der Waals surface area contributed by atoms with E-state index in [-0.39, 0.29) is 0 Å². The van der Waals surface area contributed by atoms with E-state index in [1.165, 1.54) is 29.1 Å². The van der Waals surface area contributed by atoms with Crippen LogP contribution in [0.1, 0.15) is 44.9 Å². The molecule has 1 aromatic heterocycles. The molecular formula is C23H30N2OS. The molecule has 0 spiro atoms. The van der Waals surface area contributed by atoms with Crippen LogP contribution in [0.25, 0.3) is 10.6 Å². The maximum absolute atomic E-state index is 5.86. The number of nitrogens with one attached hydrogen (secondary N) is 1. The summed E-state index contributed by atoms with van der Waals surface area (Å²) < 4.78 is 5.86. The Labute approximate surface area is 167 Å². The van der Waals surface area contributed by atoms with Gasteiger partial charge < -0.3 is 10.1 Å². The van der Waals surface area contributed by atoms with Gasteiger partial charge in [0.25, 0.3) is 0 Å². The molecule has 0 amide bonds. The maximum atomic E-state index is 5.86. The normalized spacial score (nSPS) is 10.1. The van der Waals surface area contributed by atoms with Gasteiger partial charge in [0.2, 0.25) is 0 Å². The molecule has 0 fully saturated rings. The van der Waals surface area contributed by atoms with E-state index in [0.717, 1.165) is 22.7 Å². The van der Waals surface area contributed by atoms with Crippen LogP contribution in [0.5, 0.6) is 5.75 Å². The minimum atomic E-state index is 0.586. The Kier molecular flexibility index (Phi) is 8.85. The second-order valence-electron chi connectivity index (χ2n) is 5.95. The van der Waals surface area contributed by atoms with E-state index in [2.05, 4.69) is 36.5 Å². The van der Waals surface area contributed by atoms with Gasteiger partial charge in [-0.05, 0) is 42.7 Å². The number of hydrogen-bond donors (Lipinski definition) is 1. The lowest BCUT2D eigenvalue weighted by Crippen LogP contribution is -1.94. The van der Waals surface area contributed by atoms with Crippen molar-refractivity contribution < 1.29 is 4.74 Å². The molecule has 27 heavy (non-hydrogen) atoms. The number of ether oxygens (including phenoxy) is 1. The summed E-state index contributed by atoms with van der Waals surface area (Å²) in [6.45, 7) is 6.79. The first-order chi connectivity index (χ1) is 13.3. The van der Waals surface area contributed by atoms with Crippen molar-refractivity contribution >= 4 is 16.3 Å². The third-order valence-corrected chi connectivity index (χ3v) is 5.21. The minimum absolute atomic E-state index is 0.586. The molecule has 4 heteroatoms. The highest BCUT2D eigenvalue weighted by Crippen LogP contribution is 2.33. The number of benzene rings is 2. The number of aromatic nitrogens is 1. The van der Waals surface area contributed by atoms with Crippen molar-refractivity contribution in [2.24, 2.45) is 0 Å². The highest BCUT2D eigenvalue weighted by molar-refractivity contribution is 7.19. The number of unbranched alkanes of at least 4 members (excludes halogenated alkanes) is 1. The zero-order chi connectivity index (χ0) is 19.5. The lowest BCUT2D eigenvalue weighted by atomic mass is 10.2. The largest absolute Gasteiger partial charge is 0.489 e. The summed E-state index contributed by atoms with van der Waals surface area (Å²) >= 11 is 1.72. The van der Waals surface area contributed by atoms with Crippen LogP contribution in [0.15, 0.2) is 54.6 Å². The van der Waals surface area contributed by atoms with Gasteiger partial charge in [0.1, 0.15) is 22.4 Å². The van der Waals surface area contributed by atoms with Crippen molar-refractivity contribution in [1.82, 2.24) is 4.98 Å². The molecular weight excluding hydrogens is 352 g/mol. The van der Waals surface area contributed by atoms with Gasteiger partial charge in [-0.2, -0.15) is 0 Å². The van der Waals surface area contributed by atoms with E-state index in [4.69, 9.17) is 9.72 Å². The number of thiazole rings is 1. The van der Waals surface area contributed by atoms with Gasteiger partial charge in [-0.25, -0.2) is 4.98 Å². The first-order valence-corrected chi connectivity index (χ1v) is 10.6. The third-order valence-electron chi connectivity index (χ3n) is 4.04. The summed E-state index contributed by atoms with van der Waals surface area (Å²) in [7, 11) is 1.97. The van der Waals surface area contributed by atoms with Crippen molar-refractivity contribution in [3.05, 3.63) is 65.9 Å². The second-order valence-corrected chi connectivity index (χ2v) is 6.95. The van der Waals surface area contributed by atoms with Crippen LogP contribution in [-0.2, 0) is 13.0 Å². The molecule has 0 aliphatic carbocycles. The fourth-order valence-electron chi connectivity index (χ4n) is 2.62. The first-order valence-electron chi connectivity index (χ1n) is 9.74. The van der Waals surface area contributed by atoms with Gasteiger partial charge >= 0.3 is 0 Å². The minimum Gasteiger partial charge on any atom is -0.489 e. The fourth-order valence-corrected chi connectivity index (χ4v) is 3.59. The molecule has 0 atom stereocenters. The van der Waals surface area contributed by atoms with E-state index in [1.54, 1.807) is 11.3 Å². The third kappa shape index (κ3) is 6.10. The van der Waals surface area contributed by atoms with E-state index in [1.807, 2.05) is 51.2 Å². The molecule has 3 rings (SSSR count). The van der Waals surface area contributed by atoms with Gasteiger partial charge in [-0.3, -0.25) is 0 Å². The summed E-state index contributed by atoms with van der Waals surface area (Å²) in [5, 5.41) is 5.51. The Bertz CT molecular complexity index is 782. The predicted molar refractivity (Wildman–Crippen MR) is 118 cm³/mol. The van der Waals surface area contributed by atoms with Crippen LogP contribution in [0, 0.1) is 0 Å². The Hall–Kier alpha value is -2.33. The lowest BCUT2D eigenvalue weighted by Gasteiger charge is -2.06. The molecule has 0 aliphatic heterocycles. The standard InChI is InChI=1S/C21H24N2OS.C2H6/c1-3-4-10-19-21(22-2)25-20(23-19)17-11-13-18(14-12-17)24-15-16-8-6-5-7-9-16;1-2/h5-9,11-14,22H,3-4,10,15H2,1-2H3;1-2H3. The summed E-state index contributed by atoms with van der Waals surface area (Å²) in [6, 6.07) is 18.4. The van der Waals surface area contributed by atoms with Crippen molar-refractivity contribution in [2.75, 3.05) is 12.4 Å². The van der Waals surface area contributed by atoms with Crippen molar-refractivity contribution in [3.63, 3.8) is 0 Å². The van der Waals surface area contributed by atoms with Crippen molar-refractivity contribution in [3.8, 4) is 16.3 Å². The van der Waals surface area contributed by atoms with Crippen LogP contribution in [0.4, 0.5) is 5.00 Å². The van der Waals surface area contributed by atoms with Crippen LogP contribution in [-0.4, -0.2) is 12.0 Å². The molecule has 2 aromatic carbocycles. The Morgan fingerprint density at radius 2 is 1.70 bits per heavy atom. The fraction of sp³-hybridized carbons (Fsp3) is 0.348. The van der Waals surface area contributed by atoms with Crippen LogP contribution < -0.4 is 10.1 Å². The molecule has 0 unspecified atom stereocenters. The average Bonchev–Trinajstić information content (AvgIpc) is 3.16. The van der Waals surface area contributed by atoms with E-state index < -0.39 is 0 Å². The lowest BCUT2D eigenvalue weighted by molar-refractivity contribution is 0.306. The molecule has 0 bridgehead atoms. The van der Waals surface area contributed by atoms with Gasteiger partial charge in [0.15, 0.2) is 0 Å². The zero-order valence-corrected chi connectivity index (χ0v) is 17.6. The monoisotopic (exact) mass is 382 g/mol. The molecule has 1 heterocycles. The summed E-state index contributed by atoms with van der Waals surface area (Å²) in [5.41, 5.74) is 3.48. The maximum Gasteiger partial charge on any atom is 0.125 e. The highest BCUT2D eigenvalue weighted by atomic mass is 32.1. The number of hydrogen-bond acceptors (Lipinski definition) is 4. The molecule has 0 radical (unpaired) electrons. The quantitative estimate of drug-likeness (QED) is 0.465. The Balaban J connectivity index is 0.00000126. The number of nitrogens with zero attached hydrogens (tertiary/aromatic N) is 1. The smallest absolute Gasteiger partial charge is 0.125 e. The Morgan fingerprint density at radius 1 is 1.00 bits per heavy atom. The van der Waals surface area contributed by atoms with Gasteiger partial charge in [-0.1, -0.05) is 68.9 Å². The SMILES string of the molecule is CC.CCCCc1nc(-c2ccc(OCc3ccccc3)cc2)sc1NC. The summed E-state index contributed by atoms with van der Waals surface area (Å²) in [5.74, 6) is 0.879. The number of rotatable bonds is 8. The second kappa shape index (κ2) is 11.4. The molecule has 1 N–H and O–H groups in total. The number of aryl methyl sites for hydroxylation is 1. The summed E-state index contributed by atoms with van der Waals surface area (Å²) in [6.07, 6.45) is 3.38. The van der Waals surface area contributed by atoms with Crippen LogP contribution >= 0.6 is 11.3 Å². The first kappa shape index (κ1) is 21.0. The Morgan fingerprint density at radius 3 is 2.33 bits per heavy atom. The summed E-state index contributed by atoms with van der Waals surface area (Å²) in [4.78, 5) is 4.83. The van der Waals surface area contributed by atoms with Crippen molar-refractivity contribution in [1.29, 1.82) is 0 Å². The van der Waals surface area contributed by atoms with E-state index in [9.17, 15) is 0 Å². The molecule has 0 aliphatic rings. The predicted octanol–water partition coefficient (Wildman–Crippen LogP) is 6.80. The van der Waals surface area contributed by atoms with Crippen LogP contribution in [0.2, 0.25) is 0 Å². The molecule has 0 saturated carbocycles. The average molecular weight is 383 g/mol. The highest BCUT2D eigenvalue weighted by Gasteiger charge is 2.11. The van der Waals surface area contributed by atoms with Crippen LogP contribution in [0.3, 0.4) is 0 Å². The zero-order valence-electron chi connectivity index (χ0n) is 16.8. The molecule has 144 valence electrons.